The first-order valence-electron chi connectivity index (χ1n) is 3.54. The number of aliphatic hydroxyl groups is 4. The molecule has 1 heterocycles. The Labute approximate surface area is 73.1 Å². The molecule has 1 aliphatic heterocycles. The van der Waals surface area contributed by atoms with Gasteiger partial charge in [0.05, 0.1) is 0 Å². The third kappa shape index (κ3) is 1.95. The Balaban J connectivity index is 2.64. The molecule has 0 aliphatic carbocycles. The molecule has 76 valence electrons. The highest BCUT2D eigenvalue weighted by Gasteiger charge is 2.44. The molecule has 0 radical (unpaired) electrons. The van der Waals surface area contributed by atoms with E-state index in [1.165, 1.54) is 0 Å². The molecule has 0 aromatic rings. The Morgan fingerprint density at radius 2 is 1.69 bits per heavy atom. The zero-order valence-electron chi connectivity index (χ0n) is 6.48. The predicted molar refractivity (Wildman–Crippen MR) is 36.0 cm³/mol. The molecule has 4 N–H and O–H groups in total. The monoisotopic (exact) mass is 194 g/mol. The van der Waals surface area contributed by atoms with Crippen LogP contribution in [-0.2, 0) is 14.3 Å². The summed E-state index contributed by atoms with van der Waals surface area (Å²) >= 11 is 0. The second-order valence-corrected chi connectivity index (χ2v) is 2.60. The van der Waals surface area contributed by atoms with E-state index < -0.39 is 30.9 Å². The Morgan fingerprint density at radius 1 is 1.08 bits per heavy atom. The van der Waals surface area contributed by atoms with Gasteiger partial charge in [0, 0.05) is 0 Å². The average Bonchev–Trinajstić information content (AvgIpc) is 2.11. The minimum absolute atomic E-state index is 0.00499. The summed E-state index contributed by atoms with van der Waals surface area (Å²) < 4.78 is 8.66. The standard InChI is InChI=1S/C6H10O7/c7-1-12-6-4(10)2(8)3(9)5(11)13-6/h1-6,8-11H/t2?,3-,4-,5+,6?/m0/s1. The van der Waals surface area contributed by atoms with Gasteiger partial charge in [-0.1, -0.05) is 0 Å². The lowest BCUT2D eigenvalue weighted by molar-refractivity contribution is -0.328. The maximum absolute atomic E-state index is 9.87. The largest absolute Gasteiger partial charge is 0.435 e. The van der Waals surface area contributed by atoms with Crippen molar-refractivity contribution in [2.75, 3.05) is 0 Å². The molecule has 7 nitrogen and oxygen atoms in total. The summed E-state index contributed by atoms with van der Waals surface area (Å²) in [4.78, 5) is 9.87. The fourth-order valence-corrected chi connectivity index (χ4v) is 0.997. The maximum Gasteiger partial charge on any atom is 0.295 e. The van der Waals surface area contributed by atoms with Crippen LogP contribution in [0.4, 0.5) is 0 Å². The Morgan fingerprint density at radius 3 is 2.23 bits per heavy atom. The van der Waals surface area contributed by atoms with Crippen LogP contribution in [0.15, 0.2) is 0 Å². The summed E-state index contributed by atoms with van der Waals surface area (Å²) in [7, 11) is 0. The molecule has 0 aromatic carbocycles. The van der Waals surface area contributed by atoms with E-state index in [9.17, 15) is 4.79 Å². The SMILES string of the molecule is O=COC1O[C@@H](O)[C@@H](O)C(O)[C@@H]1O. The van der Waals surface area contributed by atoms with Crippen LogP contribution in [0.1, 0.15) is 0 Å². The van der Waals surface area contributed by atoms with Crippen LogP contribution in [0.5, 0.6) is 0 Å². The van der Waals surface area contributed by atoms with Crippen molar-refractivity contribution in [1.82, 2.24) is 0 Å². The van der Waals surface area contributed by atoms with Gasteiger partial charge in [-0.3, -0.25) is 4.79 Å². The molecule has 5 atom stereocenters. The van der Waals surface area contributed by atoms with Crippen LogP contribution in [0.2, 0.25) is 0 Å². The van der Waals surface area contributed by atoms with Crippen molar-refractivity contribution >= 4 is 6.47 Å². The third-order valence-electron chi connectivity index (χ3n) is 1.73. The van der Waals surface area contributed by atoms with Crippen molar-refractivity contribution in [1.29, 1.82) is 0 Å². The predicted octanol–water partition coefficient (Wildman–Crippen LogP) is -3.08. The first-order chi connectivity index (χ1) is 6.07. The molecule has 0 saturated carbocycles. The van der Waals surface area contributed by atoms with Gasteiger partial charge in [-0.25, -0.2) is 0 Å². The van der Waals surface area contributed by atoms with Gasteiger partial charge in [0.25, 0.3) is 6.47 Å². The fraction of sp³-hybridized carbons (Fsp3) is 0.833. The Bertz CT molecular complexity index is 184. The molecular weight excluding hydrogens is 184 g/mol. The topological polar surface area (TPSA) is 116 Å². The molecule has 7 heteroatoms. The van der Waals surface area contributed by atoms with Crippen LogP contribution < -0.4 is 0 Å². The lowest BCUT2D eigenvalue weighted by Crippen LogP contribution is -2.58. The zero-order valence-corrected chi connectivity index (χ0v) is 6.48. The normalized spacial score (nSPS) is 45.7. The highest BCUT2D eigenvalue weighted by atomic mass is 16.8. The van der Waals surface area contributed by atoms with Crippen LogP contribution in [0.25, 0.3) is 0 Å². The third-order valence-corrected chi connectivity index (χ3v) is 1.73. The van der Waals surface area contributed by atoms with E-state index >= 15 is 0 Å². The van der Waals surface area contributed by atoms with E-state index in [0.717, 1.165) is 0 Å². The number of hydrogen-bond donors (Lipinski definition) is 4. The average molecular weight is 194 g/mol. The summed E-state index contributed by atoms with van der Waals surface area (Å²) in [6, 6.07) is 0. The Hall–Kier alpha value is -0.730. The van der Waals surface area contributed by atoms with Gasteiger partial charge in [0.2, 0.25) is 6.29 Å². The molecule has 0 amide bonds. The van der Waals surface area contributed by atoms with E-state index in [2.05, 4.69) is 9.47 Å². The van der Waals surface area contributed by atoms with Crippen molar-refractivity contribution in [2.45, 2.75) is 30.9 Å². The molecule has 0 spiro atoms. The number of hydrogen-bond acceptors (Lipinski definition) is 7. The van der Waals surface area contributed by atoms with Crippen LogP contribution in [-0.4, -0.2) is 57.8 Å². The summed E-state index contributed by atoms with van der Waals surface area (Å²) in [6.07, 6.45) is -7.98. The zero-order chi connectivity index (χ0) is 10.0. The van der Waals surface area contributed by atoms with Gasteiger partial charge in [0.15, 0.2) is 6.29 Å². The van der Waals surface area contributed by atoms with Crippen molar-refractivity contribution in [2.24, 2.45) is 0 Å². The number of ether oxygens (including phenoxy) is 2. The van der Waals surface area contributed by atoms with Crippen molar-refractivity contribution in [3.63, 3.8) is 0 Å². The lowest BCUT2D eigenvalue weighted by atomic mass is 10.0. The number of aliphatic hydroxyl groups excluding tert-OH is 4. The number of carbonyl (C=O) groups excluding carboxylic acids is 1. The van der Waals surface area contributed by atoms with Crippen LogP contribution >= 0.6 is 0 Å². The van der Waals surface area contributed by atoms with Crippen molar-refractivity contribution < 1.29 is 34.7 Å². The van der Waals surface area contributed by atoms with Crippen molar-refractivity contribution in [3.05, 3.63) is 0 Å². The van der Waals surface area contributed by atoms with Gasteiger partial charge in [-0.15, -0.1) is 0 Å². The first-order valence-corrected chi connectivity index (χ1v) is 3.54. The molecule has 1 saturated heterocycles. The maximum atomic E-state index is 9.87. The minimum atomic E-state index is -1.69. The molecule has 0 aromatic heterocycles. The summed E-state index contributed by atoms with van der Waals surface area (Å²) in [5, 5.41) is 36.1. The van der Waals surface area contributed by atoms with E-state index in [1.54, 1.807) is 0 Å². The minimum Gasteiger partial charge on any atom is -0.435 e. The summed E-state index contributed by atoms with van der Waals surface area (Å²) in [6.45, 7) is 0.00499. The van der Waals surface area contributed by atoms with Crippen LogP contribution in [0, 0.1) is 0 Å². The van der Waals surface area contributed by atoms with E-state index in [0.29, 0.717) is 0 Å². The molecule has 1 aliphatic rings. The highest BCUT2D eigenvalue weighted by Crippen LogP contribution is 2.19. The number of carbonyl (C=O) groups is 1. The van der Waals surface area contributed by atoms with E-state index in [4.69, 9.17) is 20.4 Å². The van der Waals surface area contributed by atoms with E-state index in [1.807, 2.05) is 0 Å². The highest BCUT2D eigenvalue weighted by molar-refractivity contribution is 5.37. The summed E-state index contributed by atoms with van der Waals surface area (Å²) in [5.74, 6) is 0. The van der Waals surface area contributed by atoms with Gasteiger partial charge >= 0.3 is 0 Å². The number of rotatable bonds is 2. The molecule has 13 heavy (non-hydrogen) atoms. The quantitative estimate of drug-likeness (QED) is 0.344. The molecule has 2 unspecified atom stereocenters. The van der Waals surface area contributed by atoms with Crippen LogP contribution in [0.3, 0.4) is 0 Å². The fourth-order valence-electron chi connectivity index (χ4n) is 0.997. The van der Waals surface area contributed by atoms with Gasteiger partial charge in [-0.2, -0.15) is 0 Å². The lowest BCUT2D eigenvalue weighted by Gasteiger charge is -2.36. The second kappa shape index (κ2) is 3.99. The molecule has 0 bridgehead atoms. The van der Waals surface area contributed by atoms with Gasteiger partial charge < -0.3 is 29.9 Å². The van der Waals surface area contributed by atoms with Gasteiger partial charge in [0.1, 0.15) is 18.3 Å². The Kier molecular flexibility index (Phi) is 3.17. The van der Waals surface area contributed by atoms with Crippen molar-refractivity contribution in [3.8, 4) is 0 Å². The first kappa shape index (κ1) is 10.4. The second-order valence-electron chi connectivity index (χ2n) is 2.60. The molecule has 1 fully saturated rings. The molecule has 1 rings (SSSR count). The smallest absolute Gasteiger partial charge is 0.295 e. The molecular formula is C6H10O7. The summed E-state index contributed by atoms with van der Waals surface area (Å²) in [5.41, 5.74) is 0. The van der Waals surface area contributed by atoms with Gasteiger partial charge in [-0.05, 0) is 0 Å². The van der Waals surface area contributed by atoms with E-state index in [-0.39, 0.29) is 6.47 Å².